The van der Waals surface area contributed by atoms with Crippen molar-refractivity contribution in [1.29, 1.82) is 0 Å². The SMILES string of the molecule is CC(Cc1ccccc1F)Nc1ccc(F)cc1I. The van der Waals surface area contributed by atoms with E-state index in [0.29, 0.717) is 12.0 Å². The van der Waals surface area contributed by atoms with Gasteiger partial charge in [-0.05, 0) is 65.8 Å². The van der Waals surface area contributed by atoms with Crippen molar-refractivity contribution >= 4 is 28.3 Å². The van der Waals surface area contributed by atoms with Gasteiger partial charge in [0.1, 0.15) is 11.6 Å². The van der Waals surface area contributed by atoms with Crippen LogP contribution >= 0.6 is 22.6 Å². The van der Waals surface area contributed by atoms with Crippen LogP contribution < -0.4 is 5.32 Å². The molecular weight excluding hydrogens is 359 g/mol. The Balaban J connectivity index is 2.05. The van der Waals surface area contributed by atoms with Crippen LogP contribution in [0.2, 0.25) is 0 Å². The van der Waals surface area contributed by atoms with Crippen LogP contribution in [0.5, 0.6) is 0 Å². The first-order chi connectivity index (χ1) is 9.06. The van der Waals surface area contributed by atoms with Crippen molar-refractivity contribution in [2.45, 2.75) is 19.4 Å². The maximum Gasteiger partial charge on any atom is 0.126 e. The summed E-state index contributed by atoms with van der Waals surface area (Å²) in [5.74, 6) is -0.443. The summed E-state index contributed by atoms with van der Waals surface area (Å²) in [6, 6.07) is 11.4. The molecular formula is C15H14F2IN. The molecule has 0 saturated carbocycles. The Morgan fingerprint density at radius 3 is 2.58 bits per heavy atom. The minimum Gasteiger partial charge on any atom is -0.381 e. The summed E-state index contributed by atoms with van der Waals surface area (Å²) in [5, 5.41) is 3.27. The molecule has 19 heavy (non-hydrogen) atoms. The van der Waals surface area contributed by atoms with Crippen LogP contribution in [-0.2, 0) is 6.42 Å². The van der Waals surface area contributed by atoms with E-state index in [0.717, 1.165) is 9.26 Å². The quantitative estimate of drug-likeness (QED) is 0.772. The summed E-state index contributed by atoms with van der Waals surface area (Å²) in [5.41, 5.74) is 1.55. The van der Waals surface area contributed by atoms with E-state index in [1.54, 1.807) is 18.2 Å². The van der Waals surface area contributed by atoms with E-state index in [1.165, 1.54) is 18.2 Å². The number of halogens is 3. The zero-order chi connectivity index (χ0) is 13.8. The standard InChI is InChI=1S/C15H14F2IN/c1-10(8-11-4-2-3-5-13(11)17)19-15-7-6-12(16)9-14(15)18/h2-7,9-10,19H,8H2,1H3. The van der Waals surface area contributed by atoms with E-state index in [9.17, 15) is 8.78 Å². The molecule has 2 rings (SSSR count). The van der Waals surface area contributed by atoms with E-state index >= 15 is 0 Å². The van der Waals surface area contributed by atoms with E-state index in [4.69, 9.17) is 0 Å². The van der Waals surface area contributed by atoms with Gasteiger partial charge in [0, 0.05) is 15.3 Å². The molecule has 4 heteroatoms. The van der Waals surface area contributed by atoms with Gasteiger partial charge in [0.2, 0.25) is 0 Å². The number of nitrogens with one attached hydrogen (secondary N) is 1. The topological polar surface area (TPSA) is 12.0 Å². The summed E-state index contributed by atoms with van der Waals surface area (Å²) in [6.45, 7) is 1.98. The smallest absolute Gasteiger partial charge is 0.126 e. The number of hydrogen-bond acceptors (Lipinski definition) is 1. The predicted molar refractivity (Wildman–Crippen MR) is 82.3 cm³/mol. The van der Waals surface area contributed by atoms with Gasteiger partial charge in [-0.1, -0.05) is 18.2 Å². The van der Waals surface area contributed by atoms with Crippen molar-refractivity contribution in [2.24, 2.45) is 0 Å². The van der Waals surface area contributed by atoms with Gasteiger partial charge in [-0.2, -0.15) is 0 Å². The molecule has 1 nitrogen and oxygen atoms in total. The van der Waals surface area contributed by atoms with Crippen molar-refractivity contribution in [2.75, 3.05) is 5.32 Å². The fourth-order valence-electron chi connectivity index (χ4n) is 1.92. The molecule has 0 saturated heterocycles. The molecule has 0 heterocycles. The van der Waals surface area contributed by atoms with Crippen molar-refractivity contribution in [1.82, 2.24) is 0 Å². The predicted octanol–water partition coefficient (Wildman–Crippen LogP) is 4.61. The summed E-state index contributed by atoms with van der Waals surface area (Å²) in [6.07, 6.45) is 0.583. The van der Waals surface area contributed by atoms with Gasteiger partial charge in [0.15, 0.2) is 0 Å². The van der Waals surface area contributed by atoms with Crippen LogP contribution in [-0.4, -0.2) is 6.04 Å². The van der Waals surface area contributed by atoms with Crippen molar-refractivity contribution < 1.29 is 8.78 Å². The fraction of sp³-hybridized carbons (Fsp3) is 0.200. The minimum atomic E-state index is -0.253. The summed E-state index contributed by atoms with van der Waals surface area (Å²) in [4.78, 5) is 0. The molecule has 1 unspecified atom stereocenters. The van der Waals surface area contributed by atoms with E-state index in [2.05, 4.69) is 27.9 Å². The lowest BCUT2D eigenvalue weighted by Crippen LogP contribution is -2.19. The first kappa shape index (κ1) is 14.2. The average molecular weight is 373 g/mol. The number of anilines is 1. The lowest BCUT2D eigenvalue weighted by atomic mass is 10.1. The second-order valence-corrected chi connectivity index (χ2v) is 5.63. The Labute approximate surface area is 125 Å². The molecule has 0 aliphatic rings. The largest absolute Gasteiger partial charge is 0.381 e. The van der Waals surface area contributed by atoms with Crippen molar-refractivity contribution in [3.05, 3.63) is 63.2 Å². The highest BCUT2D eigenvalue weighted by atomic mass is 127. The second-order valence-electron chi connectivity index (χ2n) is 4.47. The highest BCUT2D eigenvalue weighted by molar-refractivity contribution is 14.1. The second kappa shape index (κ2) is 6.32. The van der Waals surface area contributed by atoms with Crippen LogP contribution in [0.25, 0.3) is 0 Å². The third-order valence-corrected chi connectivity index (χ3v) is 3.71. The molecule has 0 bridgehead atoms. The summed E-state index contributed by atoms with van der Waals surface area (Å²) >= 11 is 2.08. The van der Waals surface area contributed by atoms with Crippen LogP contribution in [0.15, 0.2) is 42.5 Å². The Morgan fingerprint density at radius 2 is 1.89 bits per heavy atom. The number of hydrogen-bond donors (Lipinski definition) is 1. The highest BCUT2D eigenvalue weighted by Gasteiger charge is 2.09. The van der Waals surface area contributed by atoms with Gasteiger partial charge in [0.25, 0.3) is 0 Å². The van der Waals surface area contributed by atoms with Crippen molar-refractivity contribution in [3.63, 3.8) is 0 Å². The lowest BCUT2D eigenvalue weighted by molar-refractivity contribution is 0.601. The van der Waals surface area contributed by atoms with Crippen LogP contribution in [0.1, 0.15) is 12.5 Å². The third-order valence-electron chi connectivity index (χ3n) is 2.82. The first-order valence-electron chi connectivity index (χ1n) is 6.01. The maximum atomic E-state index is 13.5. The third kappa shape index (κ3) is 3.89. The average Bonchev–Trinajstić information content (AvgIpc) is 2.36. The van der Waals surface area contributed by atoms with E-state index < -0.39 is 0 Å². The molecule has 1 N–H and O–H groups in total. The number of rotatable bonds is 4. The summed E-state index contributed by atoms with van der Waals surface area (Å²) < 4.78 is 27.4. The molecule has 0 aliphatic carbocycles. The molecule has 2 aromatic carbocycles. The van der Waals surface area contributed by atoms with Gasteiger partial charge >= 0.3 is 0 Å². The zero-order valence-corrected chi connectivity index (χ0v) is 12.6. The zero-order valence-electron chi connectivity index (χ0n) is 10.5. The van der Waals surface area contributed by atoms with Crippen LogP contribution in [0, 0.1) is 15.2 Å². The molecule has 100 valence electrons. The molecule has 0 aliphatic heterocycles. The Kier molecular flexibility index (Phi) is 4.74. The van der Waals surface area contributed by atoms with Gasteiger partial charge in [-0.15, -0.1) is 0 Å². The van der Waals surface area contributed by atoms with Crippen LogP contribution in [0.4, 0.5) is 14.5 Å². The van der Waals surface area contributed by atoms with Crippen LogP contribution in [0.3, 0.4) is 0 Å². The van der Waals surface area contributed by atoms with E-state index in [-0.39, 0.29) is 17.7 Å². The fourth-order valence-corrected chi connectivity index (χ4v) is 2.55. The Morgan fingerprint density at radius 1 is 1.16 bits per heavy atom. The molecule has 0 spiro atoms. The molecule has 0 radical (unpaired) electrons. The monoisotopic (exact) mass is 373 g/mol. The summed E-state index contributed by atoms with van der Waals surface area (Å²) in [7, 11) is 0. The van der Waals surface area contributed by atoms with Crippen molar-refractivity contribution in [3.8, 4) is 0 Å². The maximum absolute atomic E-state index is 13.5. The van der Waals surface area contributed by atoms with Gasteiger partial charge in [-0.25, -0.2) is 8.78 Å². The minimum absolute atomic E-state index is 0.0656. The Bertz CT molecular complexity index is 572. The molecule has 0 aromatic heterocycles. The number of benzene rings is 2. The normalized spacial score (nSPS) is 12.2. The highest BCUT2D eigenvalue weighted by Crippen LogP contribution is 2.21. The molecule has 0 fully saturated rings. The molecule has 0 amide bonds. The Hall–Kier alpha value is -1.17. The van der Waals surface area contributed by atoms with Gasteiger partial charge in [-0.3, -0.25) is 0 Å². The van der Waals surface area contributed by atoms with E-state index in [1.807, 2.05) is 13.0 Å². The molecule has 2 aromatic rings. The van der Waals surface area contributed by atoms with Gasteiger partial charge < -0.3 is 5.32 Å². The lowest BCUT2D eigenvalue weighted by Gasteiger charge is -2.17. The van der Waals surface area contributed by atoms with Gasteiger partial charge in [0.05, 0.1) is 0 Å². The molecule has 1 atom stereocenters. The first-order valence-corrected chi connectivity index (χ1v) is 7.09.